The summed E-state index contributed by atoms with van der Waals surface area (Å²) in [5.74, 6) is 0.856. The van der Waals surface area contributed by atoms with Gasteiger partial charge in [0.05, 0.1) is 0 Å². The van der Waals surface area contributed by atoms with E-state index in [1.807, 2.05) is 13.1 Å². The predicted molar refractivity (Wildman–Crippen MR) is 83.2 cm³/mol. The molecule has 0 saturated carbocycles. The molecular formula is C15H28N4O. The molecule has 20 heavy (non-hydrogen) atoms. The number of ether oxygens (including phenoxy) is 1. The summed E-state index contributed by atoms with van der Waals surface area (Å²) in [4.78, 5) is 6.92. The van der Waals surface area contributed by atoms with Gasteiger partial charge in [0, 0.05) is 38.9 Å². The molecule has 2 saturated heterocycles. The summed E-state index contributed by atoms with van der Waals surface area (Å²) in [5, 5.41) is 6.72. The Bertz CT molecular complexity index is 331. The van der Waals surface area contributed by atoms with Crippen LogP contribution < -0.4 is 10.6 Å². The summed E-state index contributed by atoms with van der Waals surface area (Å²) in [6.45, 7) is 9.59. The molecule has 114 valence electrons. The highest BCUT2D eigenvalue weighted by atomic mass is 16.5. The van der Waals surface area contributed by atoms with Crippen LogP contribution in [0.5, 0.6) is 0 Å². The van der Waals surface area contributed by atoms with Crippen LogP contribution in [0.4, 0.5) is 0 Å². The van der Waals surface area contributed by atoms with Crippen LogP contribution in [0.25, 0.3) is 0 Å². The van der Waals surface area contributed by atoms with Gasteiger partial charge in [-0.3, -0.25) is 9.89 Å². The van der Waals surface area contributed by atoms with Crippen LogP contribution in [0.3, 0.4) is 0 Å². The van der Waals surface area contributed by atoms with Gasteiger partial charge in [-0.1, -0.05) is 6.08 Å². The standard InChI is InChI=1S/C15H28N4O/c1-3-8-17-14(16-2)18-13-15(6-11-20-12-7-15)19-9-4-5-10-19/h3H,1,4-13H2,2H3,(H2,16,17,18). The van der Waals surface area contributed by atoms with E-state index in [-0.39, 0.29) is 5.54 Å². The molecule has 5 heteroatoms. The molecule has 0 unspecified atom stereocenters. The van der Waals surface area contributed by atoms with Crippen molar-refractivity contribution in [3.63, 3.8) is 0 Å². The molecule has 0 aromatic heterocycles. The second-order valence-electron chi connectivity index (χ2n) is 5.63. The first-order chi connectivity index (χ1) is 9.80. The fourth-order valence-electron chi connectivity index (χ4n) is 3.19. The summed E-state index contributed by atoms with van der Waals surface area (Å²) < 4.78 is 5.57. The molecule has 2 aliphatic rings. The van der Waals surface area contributed by atoms with E-state index >= 15 is 0 Å². The van der Waals surface area contributed by atoms with Crippen LogP contribution >= 0.6 is 0 Å². The molecule has 2 fully saturated rings. The van der Waals surface area contributed by atoms with Gasteiger partial charge in [-0.25, -0.2) is 0 Å². The third-order valence-corrected chi connectivity index (χ3v) is 4.42. The van der Waals surface area contributed by atoms with Gasteiger partial charge in [-0.15, -0.1) is 6.58 Å². The maximum atomic E-state index is 5.57. The molecule has 0 aliphatic carbocycles. The summed E-state index contributed by atoms with van der Waals surface area (Å²) in [5.41, 5.74) is 0.237. The van der Waals surface area contributed by atoms with Crippen molar-refractivity contribution < 1.29 is 4.74 Å². The van der Waals surface area contributed by atoms with E-state index < -0.39 is 0 Å². The molecule has 2 rings (SSSR count). The molecule has 2 heterocycles. The van der Waals surface area contributed by atoms with Gasteiger partial charge in [0.1, 0.15) is 0 Å². The Balaban J connectivity index is 1.95. The fourth-order valence-corrected chi connectivity index (χ4v) is 3.19. The minimum absolute atomic E-state index is 0.237. The first kappa shape index (κ1) is 15.3. The Morgan fingerprint density at radius 3 is 2.60 bits per heavy atom. The number of nitrogens with one attached hydrogen (secondary N) is 2. The largest absolute Gasteiger partial charge is 0.381 e. The molecule has 2 aliphatic heterocycles. The summed E-state index contributed by atoms with van der Waals surface area (Å²) in [7, 11) is 1.81. The van der Waals surface area contributed by atoms with E-state index in [0.29, 0.717) is 0 Å². The van der Waals surface area contributed by atoms with Gasteiger partial charge in [-0.2, -0.15) is 0 Å². The molecule has 2 N–H and O–H groups in total. The van der Waals surface area contributed by atoms with Gasteiger partial charge in [-0.05, 0) is 38.8 Å². The van der Waals surface area contributed by atoms with Gasteiger partial charge in [0.2, 0.25) is 0 Å². The van der Waals surface area contributed by atoms with Crippen molar-refractivity contribution in [1.29, 1.82) is 0 Å². The number of aliphatic imine (C=N–C) groups is 1. The van der Waals surface area contributed by atoms with Crippen molar-refractivity contribution in [3.8, 4) is 0 Å². The third-order valence-electron chi connectivity index (χ3n) is 4.42. The van der Waals surface area contributed by atoms with Crippen molar-refractivity contribution in [1.82, 2.24) is 15.5 Å². The Hall–Kier alpha value is -1.07. The number of nitrogens with zero attached hydrogens (tertiary/aromatic N) is 2. The van der Waals surface area contributed by atoms with Crippen molar-refractivity contribution in [3.05, 3.63) is 12.7 Å². The van der Waals surface area contributed by atoms with Gasteiger partial charge in [0.15, 0.2) is 5.96 Å². The van der Waals surface area contributed by atoms with E-state index in [2.05, 4.69) is 27.1 Å². The van der Waals surface area contributed by atoms with E-state index in [0.717, 1.165) is 45.1 Å². The molecule has 0 aromatic carbocycles. The number of rotatable bonds is 5. The minimum atomic E-state index is 0.237. The molecule has 0 aromatic rings. The van der Waals surface area contributed by atoms with Gasteiger partial charge < -0.3 is 15.4 Å². The van der Waals surface area contributed by atoms with Crippen molar-refractivity contribution >= 4 is 5.96 Å². The smallest absolute Gasteiger partial charge is 0.191 e. The van der Waals surface area contributed by atoms with Crippen LogP contribution in [0.1, 0.15) is 25.7 Å². The zero-order valence-corrected chi connectivity index (χ0v) is 12.7. The number of hydrogen-bond acceptors (Lipinski definition) is 3. The topological polar surface area (TPSA) is 48.9 Å². The Morgan fingerprint density at radius 2 is 2.00 bits per heavy atom. The van der Waals surface area contributed by atoms with Crippen molar-refractivity contribution in [2.75, 3.05) is 46.4 Å². The fraction of sp³-hybridized carbons (Fsp3) is 0.800. The van der Waals surface area contributed by atoms with E-state index in [4.69, 9.17) is 4.74 Å². The van der Waals surface area contributed by atoms with Crippen LogP contribution in [0.15, 0.2) is 17.6 Å². The summed E-state index contributed by atoms with van der Waals surface area (Å²) in [6.07, 6.45) is 6.71. The van der Waals surface area contributed by atoms with Crippen LogP contribution in [-0.4, -0.2) is 62.8 Å². The second-order valence-corrected chi connectivity index (χ2v) is 5.63. The van der Waals surface area contributed by atoms with E-state index in [1.165, 1.54) is 25.9 Å². The van der Waals surface area contributed by atoms with Gasteiger partial charge in [0.25, 0.3) is 0 Å². The molecule has 0 bridgehead atoms. The highest BCUT2D eigenvalue weighted by Gasteiger charge is 2.39. The summed E-state index contributed by atoms with van der Waals surface area (Å²) in [6, 6.07) is 0. The Kier molecular flexibility index (Phi) is 5.86. The van der Waals surface area contributed by atoms with E-state index in [9.17, 15) is 0 Å². The molecular weight excluding hydrogens is 252 g/mol. The third kappa shape index (κ3) is 3.73. The lowest BCUT2D eigenvalue weighted by Gasteiger charge is -2.45. The number of likely N-dealkylation sites (tertiary alicyclic amines) is 1. The Morgan fingerprint density at radius 1 is 1.30 bits per heavy atom. The van der Waals surface area contributed by atoms with E-state index in [1.54, 1.807) is 0 Å². The predicted octanol–water partition coefficient (Wildman–Crippen LogP) is 0.982. The van der Waals surface area contributed by atoms with Crippen LogP contribution in [0, 0.1) is 0 Å². The second kappa shape index (κ2) is 7.64. The molecule has 0 spiro atoms. The lowest BCUT2D eigenvalue weighted by atomic mass is 9.88. The van der Waals surface area contributed by atoms with Crippen LogP contribution in [0.2, 0.25) is 0 Å². The SMILES string of the molecule is C=CCNC(=NC)NCC1(N2CCCC2)CCOCC1. The maximum Gasteiger partial charge on any atom is 0.191 e. The minimum Gasteiger partial charge on any atom is -0.381 e. The Labute approximate surface area is 122 Å². The average molecular weight is 280 g/mol. The quantitative estimate of drug-likeness (QED) is 0.448. The maximum absolute atomic E-state index is 5.57. The van der Waals surface area contributed by atoms with Crippen molar-refractivity contribution in [2.45, 2.75) is 31.2 Å². The zero-order valence-electron chi connectivity index (χ0n) is 12.7. The normalized spacial score (nSPS) is 23.6. The van der Waals surface area contributed by atoms with Gasteiger partial charge >= 0.3 is 0 Å². The molecule has 5 nitrogen and oxygen atoms in total. The lowest BCUT2D eigenvalue weighted by molar-refractivity contribution is -0.0164. The van der Waals surface area contributed by atoms with Crippen molar-refractivity contribution in [2.24, 2.45) is 4.99 Å². The highest BCUT2D eigenvalue weighted by molar-refractivity contribution is 5.79. The lowest BCUT2D eigenvalue weighted by Crippen LogP contribution is -2.58. The average Bonchev–Trinajstić information content (AvgIpc) is 3.03. The molecule has 0 radical (unpaired) electrons. The zero-order chi connectivity index (χ0) is 14.3. The number of guanidine groups is 1. The highest BCUT2D eigenvalue weighted by Crippen LogP contribution is 2.30. The van der Waals surface area contributed by atoms with Crippen LogP contribution in [-0.2, 0) is 4.74 Å². The first-order valence-electron chi connectivity index (χ1n) is 7.69. The monoisotopic (exact) mass is 280 g/mol. The molecule has 0 amide bonds. The summed E-state index contributed by atoms with van der Waals surface area (Å²) >= 11 is 0. The number of hydrogen-bond donors (Lipinski definition) is 2. The molecule has 0 atom stereocenters. The first-order valence-corrected chi connectivity index (χ1v) is 7.69.